The van der Waals surface area contributed by atoms with Crippen LogP contribution < -0.4 is 38.1 Å². The van der Waals surface area contributed by atoms with Crippen LogP contribution in [-0.4, -0.2) is 122 Å². The highest BCUT2D eigenvalue weighted by atomic mass is 19.4. The number of ether oxygens (including phenoxy) is 4. The monoisotopic (exact) mass is 1220 g/mol. The summed E-state index contributed by atoms with van der Waals surface area (Å²) in [6.07, 6.45) is -5.39. The SMILES string of the molecule is Cc1c(C(C=CN)=Nc2ccc(C#N)cc2)cc(C(=O)NCCOCCOCCNC(=O)NCCOCCOCCNC(=O)c2cc(-c3ccnn3-c3ccc(C#N)cc3)c(C)n(-c3cccc(C(F)(F)F)c3)c2=O)c(=O)n1-c1cccc(C(F)(F)F)c1. The Balaban J connectivity index is 0.800. The van der Waals surface area contributed by atoms with Crippen molar-refractivity contribution in [2.75, 3.05) is 79.0 Å². The number of urea groups is 1. The minimum atomic E-state index is -4.73. The number of allylic oxidation sites excluding steroid dienone is 1. The van der Waals surface area contributed by atoms with Crippen molar-refractivity contribution in [3.05, 3.63) is 205 Å². The molecular weight excluding hydrogens is 1160 g/mol. The van der Waals surface area contributed by atoms with Crippen LogP contribution in [0.4, 0.5) is 36.8 Å². The molecule has 0 fully saturated rings. The quantitative estimate of drug-likeness (QED) is 0.0191. The average Bonchev–Trinajstić information content (AvgIpc) is 1.96. The first-order valence-corrected chi connectivity index (χ1v) is 27.0. The number of aromatic nitrogens is 4. The van der Waals surface area contributed by atoms with E-state index in [2.05, 4.69) is 31.4 Å². The first kappa shape index (κ1) is 65.4. The van der Waals surface area contributed by atoms with E-state index in [1.807, 2.05) is 12.1 Å². The van der Waals surface area contributed by atoms with E-state index in [0.29, 0.717) is 33.8 Å². The number of amides is 4. The summed E-state index contributed by atoms with van der Waals surface area (Å²) >= 11 is 0. The smallest absolute Gasteiger partial charge is 0.405 e. The van der Waals surface area contributed by atoms with Crippen LogP contribution in [0.25, 0.3) is 28.3 Å². The third-order valence-corrected chi connectivity index (χ3v) is 13.1. The Morgan fingerprint density at radius 1 is 0.580 bits per heavy atom. The lowest BCUT2D eigenvalue weighted by atomic mass is 10.0. The number of benzene rings is 4. The maximum absolute atomic E-state index is 14.0. The molecule has 88 heavy (non-hydrogen) atoms. The molecule has 0 saturated carbocycles. The van der Waals surface area contributed by atoms with Crippen molar-refractivity contribution in [1.29, 1.82) is 10.5 Å². The molecule has 3 aromatic heterocycles. The summed E-state index contributed by atoms with van der Waals surface area (Å²) in [7, 11) is 0. The van der Waals surface area contributed by atoms with E-state index < -0.39 is 58.0 Å². The highest BCUT2D eigenvalue weighted by Crippen LogP contribution is 2.33. The third kappa shape index (κ3) is 17.3. The zero-order valence-electron chi connectivity index (χ0n) is 47.3. The summed E-state index contributed by atoms with van der Waals surface area (Å²) < 4.78 is 108. The van der Waals surface area contributed by atoms with Gasteiger partial charge in [0.15, 0.2) is 0 Å². The van der Waals surface area contributed by atoms with Crippen molar-refractivity contribution in [1.82, 2.24) is 40.2 Å². The van der Waals surface area contributed by atoms with Crippen LogP contribution in [0.2, 0.25) is 0 Å². The van der Waals surface area contributed by atoms with E-state index in [9.17, 15) is 60.8 Å². The van der Waals surface area contributed by atoms with Crippen molar-refractivity contribution in [3.8, 4) is 40.5 Å². The summed E-state index contributed by atoms with van der Waals surface area (Å²) in [5.74, 6) is -1.65. The molecule has 458 valence electrons. The van der Waals surface area contributed by atoms with Gasteiger partial charge in [0.2, 0.25) is 0 Å². The summed E-state index contributed by atoms with van der Waals surface area (Å²) in [5.41, 5.74) is 4.12. The van der Waals surface area contributed by atoms with E-state index in [-0.39, 0.29) is 119 Å². The molecule has 0 unspecified atom stereocenters. The molecule has 0 radical (unpaired) electrons. The van der Waals surface area contributed by atoms with Crippen LogP contribution in [-0.2, 0) is 31.3 Å². The van der Waals surface area contributed by atoms with Gasteiger partial charge < -0.3 is 45.9 Å². The highest BCUT2D eigenvalue weighted by Gasteiger charge is 2.33. The molecule has 0 bridgehead atoms. The molecule has 0 spiro atoms. The second kappa shape index (κ2) is 30.8. The Morgan fingerprint density at radius 2 is 1.03 bits per heavy atom. The molecule has 0 saturated heterocycles. The number of rotatable bonds is 27. The van der Waals surface area contributed by atoms with Crippen LogP contribution in [0.15, 0.2) is 148 Å². The van der Waals surface area contributed by atoms with Crippen LogP contribution in [0.1, 0.15) is 59.9 Å². The number of halogens is 6. The minimum Gasteiger partial charge on any atom is -0.405 e. The summed E-state index contributed by atoms with van der Waals surface area (Å²) in [5, 5.41) is 33.3. The van der Waals surface area contributed by atoms with Gasteiger partial charge in [-0.25, -0.2) is 14.5 Å². The molecular formula is C61H58F6N12O9. The maximum atomic E-state index is 14.0. The number of nitriles is 2. The second-order valence-corrected chi connectivity index (χ2v) is 18.9. The predicted octanol–water partition coefficient (Wildman–Crippen LogP) is 7.36. The highest BCUT2D eigenvalue weighted by molar-refractivity contribution is 6.11. The van der Waals surface area contributed by atoms with Crippen molar-refractivity contribution in [3.63, 3.8) is 0 Å². The van der Waals surface area contributed by atoms with Gasteiger partial charge in [0.05, 0.1) is 116 Å². The standard InChI is InChI=1S/C61H58F6N12O9/c1-39-49(53(17-19-68)76-45-13-9-41(37-69)10-14-45)35-51(57(82)77(39)47-7-3-5-43(33-47)60(62,63)64)55(80)71-21-25-85-29-31-87-27-23-73-59(84)74-24-28-88-32-30-86-26-22-72-56(81)52-36-50(54-18-20-75-79(54)46-15-11-42(38-70)12-16-46)40(2)78(58(52)83)48-8-4-6-44(34-48)61(65,66)67/h3-20,33-36H,21-32,68H2,1-2H3,(H,71,80)(H,72,81)(H2,73,74,84). The molecule has 21 nitrogen and oxygen atoms in total. The number of pyridine rings is 2. The summed E-state index contributed by atoms with van der Waals surface area (Å²) in [6, 6.07) is 28.7. The van der Waals surface area contributed by atoms with Crippen molar-refractivity contribution >= 4 is 29.2 Å². The number of nitrogens with two attached hydrogens (primary N) is 1. The number of hydrogen-bond donors (Lipinski definition) is 5. The number of aliphatic imine (C=N–C) groups is 1. The van der Waals surface area contributed by atoms with Crippen molar-refractivity contribution < 1.29 is 59.7 Å². The van der Waals surface area contributed by atoms with Gasteiger partial charge in [0.25, 0.3) is 22.9 Å². The minimum absolute atomic E-state index is 0.00452. The molecule has 0 aliphatic heterocycles. The zero-order chi connectivity index (χ0) is 63.4. The Bertz CT molecular complexity index is 3880. The van der Waals surface area contributed by atoms with E-state index >= 15 is 0 Å². The molecule has 7 rings (SSSR count). The Kier molecular flexibility index (Phi) is 22.8. The normalized spacial score (nSPS) is 11.7. The largest absolute Gasteiger partial charge is 0.416 e. The first-order chi connectivity index (χ1) is 42.2. The second-order valence-electron chi connectivity index (χ2n) is 18.9. The number of hydrogen-bond acceptors (Lipinski definition) is 14. The fourth-order valence-corrected chi connectivity index (χ4v) is 8.78. The lowest BCUT2D eigenvalue weighted by Crippen LogP contribution is -2.39. The lowest BCUT2D eigenvalue weighted by Gasteiger charge is -2.19. The Hall–Kier alpha value is -10.2. The first-order valence-electron chi connectivity index (χ1n) is 27.0. The van der Waals surface area contributed by atoms with Crippen LogP contribution in [0, 0.1) is 36.5 Å². The van der Waals surface area contributed by atoms with Gasteiger partial charge >= 0.3 is 18.4 Å². The van der Waals surface area contributed by atoms with Crippen molar-refractivity contribution in [2.45, 2.75) is 26.2 Å². The number of nitrogens with one attached hydrogen (secondary N) is 4. The van der Waals surface area contributed by atoms with Gasteiger partial charge in [0.1, 0.15) is 11.1 Å². The molecule has 3 heterocycles. The van der Waals surface area contributed by atoms with Gasteiger partial charge in [-0.15, -0.1) is 0 Å². The van der Waals surface area contributed by atoms with E-state index in [0.717, 1.165) is 39.5 Å². The fraction of sp³-hybridized carbons (Fsp3) is 0.262. The van der Waals surface area contributed by atoms with Gasteiger partial charge in [-0.2, -0.15) is 42.0 Å². The topological polar surface area (TPSA) is 284 Å². The van der Waals surface area contributed by atoms with Gasteiger partial charge in [-0.05, 0) is 129 Å². The number of nitrogens with zero attached hydrogens (tertiary/aromatic N) is 7. The van der Waals surface area contributed by atoms with E-state index in [4.69, 9.17) is 24.7 Å². The molecule has 4 amide bonds. The molecule has 7 aromatic rings. The molecule has 4 aromatic carbocycles. The lowest BCUT2D eigenvalue weighted by molar-refractivity contribution is -0.138. The predicted molar refractivity (Wildman–Crippen MR) is 311 cm³/mol. The summed E-state index contributed by atoms with van der Waals surface area (Å²) in [4.78, 5) is 72.0. The van der Waals surface area contributed by atoms with Gasteiger partial charge in [-0.1, -0.05) is 12.1 Å². The third-order valence-electron chi connectivity index (χ3n) is 13.1. The van der Waals surface area contributed by atoms with Gasteiger partial charge in [-0.3, -0.25) is 28.3 Å². The van der Waals surface area contributed by atoms with Crippen LogP contribution in [0.5, 0.6) is 0 Å². The van der Waals surface area contributed by atoms with Crippen LogP contribution in [0.3, 0.4) is 0 Å². The Morgan fingerprint density at radius 3 is 1.50 bits per heavy atom. The summed E-state index contributed by atoms with van der Waals surface area (Å²) in [6.45, 7) is 3.91. The molecule has 0 atom stereocenters. The molecule has 27 heteroatoms. The molecule has 6 N–H and O–H groups in total. The Labute approximate surface area is 499 Å². The molecule has 0 aliphatic carbocycles. The average molecular weight is 1220 g/mol. The fourth-order valence-electron chi connectivity index (χ4n) is 8.78. The van der Waals surface area contributed by atoms with Crippen LogP contribution >= 0.6 is 0 Å². The molecule has 0 aliphatic rings. The van der Waals surface area contributed by atoms with Gasteiger partial charge in [0, 0.05) is 60.1 Å². The van der Waals surface area contributed by atoms with Crippen molar-refractivity contribution in [2.24, 2.45) is 10.7 Å². The maximum Gasteiger partial charge on any atom is 0.416 e. The number of carbonyl (C=O) groups excluding carboxylic acids is 3. The number of carbonyl (C=O) groups is 3. The van der Waals surface area contributed by atoms with E-state index in [1.165, 1.54) is 72.5 Å². The van der Waals surface area contributed by atoms with E-state index in [1.54, 1.807) is 49.4 Å². The zero-order valence-corrected chi connectivity index (χ0v) is 47.3. The number of alkyl halides is 6.